The Kier molecular flexibility index (Phi) is 2.70. The summed E-state index contributed by atoms with van der Waals surface area (Å²) in [6.45, 7) is 6.50. The van der Waals surface area contributed by atoms with E-state index in [4.69, 9.17) is 10.5 Å². The fraction of sp³-hybridized carbons (Fsp3) is 0.538. The first-order valence-electron chi connectivity index (χ1n) is 5.69. The van der Waals surface area contributed by atoms with E-state index in [1.807, 2.05) is 0 Å². The highest BCUT2D eigenvalue weighted by atomic mass is 16.5. The first kappa shape index (κ1) is 10.5. The quantitative estimate of drug-likeness (QED) is 0.805. The van der Waals surface area contributed by atoms with E-state index in [0.29, 0.717) is 5.92 Å². The molecule has 1 heterocycles. The molecule has 0 saturated carbocycles. The molecule has 0 spiro atoms. The molecule has 2 rings (SSSR count). The molecule has 1 aliphatic rings. The maximum absolute atomic E-state index is 6.15. The molecule has 0 saturated heterocycles. The van der Waals surface area contributed by atoms with E-state index < -0.39 is 0 Å². The standard InChI is InChI=1S/C13H19NO/c1-4-11-13(14)10-7-9(8(2)3)5-6-12(10)15-11/h5-8,11,13H,4,14H2,1-3H3. The molecule has 2 N–H and O–H groups in total. The molecular formula is C13H19NO. The molecule has 2 atom stereocenters. The summed E-state index contributed by atoms with van der Waals surface area (Å²) in [6, 6.07) is 6.43. The zero-order chi connectivity index (χ0) is 11.0. The number of nitrogens with two attached hydrogens (primary N) is 1. The SMILES string of the molecule is CCC1Oc2ccc(C(C)C)cc2C1N. The third-order valence-corrected chi connectivity index (χ3v) is 3.14. The van der Waals surface area contributed by atoms with Gasteiger partial charge >= 0.3 is 0 Å². The molecule has 1 aromatic rings. The largest absolute Gasteiger partial charge is 0.488 e. The van der Waals surface area contributed by atoms with Crippen LogP contribution in [-0.2, 0) is 0 Å². The topological polar surface area (TPSA) is 35.2 Å². The van der Waals surface area contributed by atoms with Crippen molar-refractivity contribution in [3.05, 3.63) is 29.3 Å². The molecule has 2 unspecified atom stereocenters. The molecule has 0 aliphatic carbocycles. The van der Waals surface area contributed by atoms with Crippen LogP contribution in [0.2, 0.25) is 0 Å². The lowest BCUT2D eigenvalue weighted by Gasteiger charge is -2.12. The molecule has 2 heteroatoms. The molecular weight excluding hydrogens is 186 g/mol. The average molecular weight is 205 g/mol. The Balaban J connectivity index is 2.35. The fourth-order valence-corrected chi connectivity index (χ4v) is 2.07. The van der Waals surface area contributed by atoms with Gasteiger partial charge < -0.3 is 10.5 Å². The molecule has 0 fully saturated rings. The van der Waals surface area contributed by atoms with E-state index in [1.54, 1.807) is 0 Å². The predicted octanol–water partition coefficient (Wildman–Crippen LogP) is 2.98. The Morgan fingerprint density at radius 3 is 2.73 bits per heavy atom. The summed E-state index contributed by atoms with van der Waals surface area (Å²) in [5.41, 5.74) is 8.66. The molecule has 0 amide bonds. The second kappa shape index (κ2) is 3.86. The van der Waals surface area contributed by atoms with Gasteiger partial charge in [-0.3, -0.25) is 0 Å². The first-order chi connectivity index (χ1) is 7.13. The normalized spacial score (nSPS) is 24.1. The number of ether oxygens (including phenoxy) is 1. The van der Waals surface area contributed by atoms with Crippen molar-refractivity contribution in [2.45, 2.75) is 45.3 Å². The van der Waals surface area contributed by atoms with Gasteiger partial charge in [0.2, 0.25) is 0 Å². The number of hydrogen-bond acceptors (Lipinski definition) is 2. The monoisotopic (exact) mass is 205 g/mol. The minimum Gasteiger partial charge on any atom is -0.488 e. The third kappa shape index (κ3) is 1.74. The van der Waals surface area contributed by atoms with Crippen molar-refractivity contribution in [1.82, 2.24) is 0 Å². The van der Waals surface area contributed by atoms with Crippen molar-refractivity contribution >= 4 is 0 Å². The Bertz CT molecular complexity index is 360. The highest BCUT2D eigenvalue weighted by molar-refractivity contribution is 5.43. The van der Waals surface area contributed by atoms with Gasteiger partial charge in [0, 0.05) is 5.56 Å². The minimum atomic E-state index is 0.0451. The number of fused-ring (bicyclic) bond motifs is 1. The van der Waals surface area contributed by atoms with Crippen LogP contribution in [-0.4, -0.2) is 6.10 Å². The minimum absolute atomic E-state index is 0.0451. The van der Waals surface area contributed by atoms with Crippen LogP contribution in [0.1, 0.15) is 50.3 Å². The number of benzene rings is 1. The summed E-state index contributed by atoms with van der Waals surface area (Å²) in [4.78, 5) is 0. The maximum Gasteiger partial charge on any atom is 0.124 e. The van der Waals surface area contributed by atoms with Crippen molar-refractivity contribution in [1.29, 1.82) is 0 Å². The van der Waals surface area contributed by atoms with Crippen LogP contribution in [0.5, 0.6) is 5.75 Å². The number of rotatable bonds is 2. The zero-order valence-electron chi connectivity index (χ0n) is 9.66. The Hall–Kier alpha value is -1.02. The second-order valence-electron chi connectivity index (χ2n) is 4.54. The van der Waals surface area contributed by atoms with E-state index in [2.05, 4.69) is 39.0 Å². The second-order valence-corrected chi connectivity index (χ2v) is 4.54. The first-order valence-corrected chi connectivity index (χ1v) is 5.69. The molecule has 1 aromatic carbocycles. The van der Waals surface area contributed by atoms with Crippen LogP contribution in [0.3, 0.4) is 0 Å². The van der Waals surface area contributed by atoms with Crippen molar-refractivity contribution in [2.75, 3.05) is 0 Å². The lowest BCUT2D eigenvalue weighted by atomic mass is 9.96. The van der Waals surface area contributed by atoms with Gasteiger partial charge in [-0.25, -0.2) is 0 Å². The van der Waals surface area contributed by atoms with Gasteiger partial charge in [0.1, 0.15) is 11.9 Å². The zero-order valence-corrected chi connectivity index (χ0v) is 9.66. The van der Waals surface area contributed by atoms with Gasteiger partial charge in [-0.05, 0) is 24.0 Å². The molecule has 0 aromatic heterocycles. The average Bonchev–Trinajstić information content (AvgIpc) is 2.55. The van der Waals surface area contributed by atoms with E-state index >= 15 is 0 Å². The summed E-state index contributed by atoms with van der Waals surface area (Å²) >= 11 is 0. The summed E-state index contributed by atoms with van der Waals surface area (Å²) < 4.78 is 5.78. The molecule has 0 radical (unpaired) electrons. The van der Waals surface area contributed by atoms with E-state index in [-0.39, 0.29) is 12.1 Å². The number of hydrogen-bond donors (Lipinski definition) is 1. The van der Waals surface area contributed by atoms with E-state index in [1.165, 1.54) is 11.1 Å². The predicted molar refractivity (Wildman–Crippen MR) is 62.2 cm³/mol. The Morgan fingerprint density at radius 1 is 1.40 bits per heavy atom. The summed E-state index contributed by atoms with van der Waals surface area (Å²) in [7, 11) is 0. The maximum atomic E-state index is 6.15. The lowest BCUT2D eigenvalue weighted by Crippen LogP contribution is -2.24. The van der Waals surface area contributed by atoms with Crippen LogP contribution < -0.4 is 10.5 Å². The smallest absolute Gasteiger partial charge is 0.124 e. The lowest BCUT2D eigenvalue weighted by molar-refractivity contribution is 0.202. The van der Waals surface area contributed by atoms with Gasteiger partial charge in [-0.1, -0.05) is 32.9 Å². The van der Waals surface area contributed by atoms with Crippen LogP contribution in [0, 0.1) is 0 Å². The third-order valence-electron chi connectivity index (χ3n) is 3.14. The molecule has 1 aliphatic heterocycles. The van der Waals surface area contributed by atoms with Gasteiger partial charge in [0.25, 0.3) is 0 Å². The summed E-state index contributed by atoms with van der Waals surface area (Å²) in [5, 5.41) is 0. The van der Waals surface area contributed by atoms with Crippen molar-refractivity contribution in [3.63, 3.8) is 0 Å². The highest BCUT2D eigenvalue weighted by Gasteiger charge is 2.30. The van der Waals surface area contributed by atoms with Crippen molar-refractivity contribution in [2.24, 2.45) is 5.73 Å². The van der Waals surface area contributed by atoms with Gasteiger partial charge in [-0.15, -0.1) is 0 Å². The Morgan fingerprint density at radius 2 is 2.13 bits per heavy atom. The summed E-state index contributed by atoms with van der Waals surface area (Å²) in [6.07, 6.45) is 1.12. The molecule has 82 valence electrons. The fourth-order valence-electron chi connectivity index (χ4n) is 2.07. The van der Waals surface area contributed by atoms with Crippen molar-refractivity contribution < 1.29 is 4.74 Å². The van der Waals surface area contributed by atoms with Crippen molar-refractivity contribution in [3.8, 4) is 5.75 Å². The van der Waals surface area contributed by atoms with Crippen LogP contribution in [0.15, 0.2) is 18.2 Å². The molecule has 0 bridgehead atoms. The Labute approximate surface area is 91.4 Å². The summed E-state index contributed by atoms with van der Waals surface area (Å²) in [5.74, 6) is 1.52. The van der Waals surface area contributed by atoms with Gasteiger partial charge in [-0.2, -0.15) is 0 Å². The van der Waals surface area contributed by atoms with Crippen LogP contribution in [0.25, 0.3) is 0 Å². The van der Waals surface area contributed by atoms with E-state index in [9.17, 15) is 0 Å². The highest BCUT2D eigenvalue weighted by Crippen LogP contribution is 2.37. The molecule has 2 nitrogen and oxygen atoms in total. The molecule has 15 heavy (non-hydrogen) atoms. The van der Waals surface area contributed by atoms with Crippen LogP contribution >= 0.6 is 0 Å². The van der Waals surface area contributed by atoms with Gasteiger partial charge in [0.05, 0.1) is 6.04 Å². The van der Waals surface area contributed by atoms with E-state index in [0.717, 1.165) is 12.2 Å². The van der Waals surface area contributed by atoms with Gasteiger partial charge in [0.15, 0.2) is 0 Å². The van der Waals surface area contributed by atoms with Crippen LogP contribution in [0.4, 0.5) is 0 Å².